The second-order valence-electron chi connectivity index (χ2n) is 11.5. The Bertz CT molecular complexity index is 1840. The van der Waals surface area contributed by atoms with Crippen molar-refractivity contribution in [1.29, 1.82) is 0 Å². The van der Waals surface area contributed by atoms with Gasteiger partial charge in [-0.3, -0.25) is 5.10 Å². The Morgan fingerprint density at radius 1 is 0.820 bits per heavy atom. The molecule has 0 spiro atoms. The zero-order valence-electron chi connectivity index (χ0n) is 29.5. The number of ether oxygens (including phenoxy) is 3. The normalized spacial score (nSPS) is 16.0. The molecule has 12 heteroatoms. The van der Waals surface area contributed by atoms with Gasteiger partial charge in [-0.2, -0.15) is 5.10 Å². The highest BCUT2D eigenvalue weighted by molar-refractivity contribution is 5.90. The summed E-state index contributed by atoms with van der Waals surface area (Å²) in [6, 6.07) is 21.3. The van der Waals surface area contributed by atoms with Gasteiger partial charge in [0.2, 0.25) is 0 Å². The van der Waals surface area contributed by atoms with Gasteiger partial charge >= 0.3 is 17.9 Å². The molecule has 1 aliphatic heterocycles. The minimum Gasteiger partial charge on any atom is -0.478 e. The number of hydrogen-bond acceptors (Lipinski definition) is 10. The molecule has 0 aliphatic carbocycles. The number of carbonyl (C=O) groups is 3. The molecule has 0 saturated carbocycles. The fourth-order valence-corrected chi connectivity index (χ4v) is 4.91. The van der Waals surface area contributed by atoms with Gasteiger partial charge in [0, 0.05) is 0 Å². The number of hydrogen-bond donors (Lipinski definition) is 3. The van der Waals surface area contributed by atoms with Crippen LogP contribution in [0.3, 0.4) is 0 Å². The summed E-state index contributed by atoms with van der Waals surface area (Å²) in [6.07, 6.45) is 1.79. The summed E-state index contributed by atoms with van der Waals surface area (Å²) in [4.78, 5) is 41.6. The van der Waals surface area contributed by atoms with E-state index in [-0.39, 0.29) is 36.7 Å². The lowest BCUT2D eigenvalue weighted by molar-refractivity contribution is -0.0124. The number of carboxylic acids is 1. The van der Waals surface area contributed by atoms with Gasteiger partial charge in [-0.05, 0) is 69.5 Å². The second kappa shape index (κ2) is 18.8. The summed E-state index contributed by atoms with van der Waals surface area (Å²) in [6.45, 7) is 12.2. The molecule has 1 fully saturated rings. The first-order valence-corrected chi connectivity index (χ1v) is 16.3. The monoisotopic (exact) mass is 683 g/mol. The SMILES string of the molecule is CC.COC(=O)c1ccc(C)cc1.Cc1ccc(C(=O)O)cc1.Cc1ccc(C(=O)OC[C@@H]2CC(C)[C@H](c3[nH]nc4c(N)ncnc34)O2)cc1. The minimum absolute atomic E-state index is 0.183. The topological polar surface area (TPSA) is 180 Å². The van der Waals surface area contributed by atoms with Crippen molar-refractivity contribution in [2.24, 2.45) is 5.92 Å². The van der Waals surface area contributed by atoms with Gasteiger partial charge in [-0.25, -0.2) is 24.4 Å². The molecule has 50 heavy (non-hydrogen) atoms. The summed E-state index contributed by atoms with van der Waals surface area (Å²) in [5, 5.41) is 15.7. The van der Waals surface area contributed by atoms with E-state index < -0.39 is 5.97 Å². The fraction of sp³-hybridized carbons (Fsp3) is 0.316. The zero-order valence-corrected chi connectivity index (χ0v) is 29.5. The number of fused-ring (bicyclic) bond motifs is 1. The van der Waals surface area contributed by atoms with Gasteiger partial charge in [0.15, 0.2) is 11.3 Å². The number of nitrogens with two attached hydrogens (primary N) is 1. The number of carboxylic acid groups (broad SMARTS) is 1. The molecule has 2 aromatic heterocycles. The molecule has 6 rings (SSSR count). The van der Waals surface area contributed by atoms with Crippen LogP contribution in [-0.4, -0.2) is 63.0 Å². The molecule has 3 heterocycles. The summed E-state index contributed by atoms with van der Waals surface area (Å²) >= 11 is 0. The van der Waals surface area contributed by atoms with Crippen molar-refractivity contribution in [1.82, 2.24) is 20.2 Å². The number of methoxy groups -OCH3 is 1. The van der Waals surface area contributed by atoms with Crippen molar-refractivity contribution in [3.8, 4) is 0 Å². The average molecular weight is 684 g/mol. The van der Waals surface area contributed by atoms with E-state index in [9.17, 15) is 14.4 Å². The highest BCUT2D eigenvalue weighted by Gasteiger charge is 2.36. The summed E-state index contributed by atoms with van der Waals surface area (Å²) in [5.74, 6) is -0.961. The van der Waals surface area contributed by atoms with Crippen molar-refractivity contribution in [3.63, 3.8) is 0 Å². The van der Waals surface area contributed by atoms with Crippen molar-refractivity contribution in [2.75, 3.05) is 19.5 Å². The number of rotatable bonds is 6. The van der Waals surface area contributed by atoms with E-state index in [0.29, 0.717) is 33.5 Å². The summed E-state index contributed by atoms with van der Waals surface area (Å²) in [7, 11) is 1.38. The number of aromatic amines is 1. The number of nitrogens with zero attached hydrogens (tertiary/aromatic N) is 3. The molecule has 1 unspecified atom stereocenters. The molecule has 3 atom stereocenters. The maximum atomic E-state index is 12.2. The Morgan fingerprint density at radius 2 is 1.32 bits per heavy atom. The van der Waals surface area contributed by atoms with Crippen LogP contribution in [0.25, 0.3) is 11.0 Å². The molecule has 1 saturated heterocycles. The Hall–Kier alpha value is -5.62. The molecule has 0 radical (unpaired) electrons. The van der Waals surface area contributed by atoms with Gasteiger partial charge in [0.25, 0.3) is 0 Å². The molecule has 264 valence electrons. The molecule has 0 amide bonds. The third kappa shape index (κ3) is 10.7. The number of aromatic nitrogens is 4. The molecular weight excluding hydrogens is 638 g/mol. The van der Waals surface area contributed by atoms with Crippen molar-refractivity contribution >= 4 is 34.8 Å². The number of carbonyl (C=O) groups excluding carboxylic acids is 2. The first kappa shape index (κ1) is 38.8. The van der Waals surface area contributed by atoms with Crippen LogP contribution in [0.4, 0.5) is 5.82 Å². The van der Waals surface area contributed by atoms with E-state index in [2.05, 4.69) is 31.8 Å². The van der Waals surface area contributed by atoms with Crippen molar-refractivity contribution < 1.29 is 33.7 Å². The number of H-pyrrole nitrogens is 1. The number of benzene rings is 3. The molecule has 5 aromatic rings. The van der Waals surface area contributed by atoms with Gasteiger partial charge in [0.05, 0.1) is 35.6 Å². The lowest BCUT2D eigenvalue weighted by atomic mass is 9.99. The highest BCUT2D eigenvalue weighted by Crippen LogP contribution is 2.39. The van der Waals surface area contributed by atoms with E-state index in [1.54, 1.807) is 48.5 Å². The van der Waals surface area contributed by atoms with Gasteiger partial charge < -0.3 is 25.1 Å². The number of anilines is 1. The van der Waals surface area contributed by atoms with Crippen LogP contribution >= 0.6 is 0 Å². The average Bonchev–Trinajstić information content (AvgIpc) is 3.72. The third-order valence-corrected chi connectivity index (χ3v) is 7.63. The van der Waals surface area contributed by atoms with E-state index in [4.69, 9.17) is 20.3 Å². The summed E-state index contributed by atoms with van der Waals surface area (Å²) < 4.78 is 16.1. The predicted molar refractivity (Wildman–Crippen MR) is 191 cm³/mol. The second-order valence-corrected chi connectivity index (χ2v) is 11.5. The molecule has 1 aliphatic rings. The number of aromatic carboxylic acids is 1. The highest BCUT2D eigenvalue weighted by atomic mass is 16.6. The Morgan fingerprint density at radius 3 is 1.82 bits per heavy atom. The van der Waals surface area contributed by atoms with Crippen LogP contribution < -0.4 is 5.73 Å². The summed E-state index contributed by atoms with van der Waals surface area (Å²) in [5.41, 5.74) is 12.6. The molecule has 4 N–H and O–H groups in total. The third-order valence-electron chi connectivity index (χ3n) is 7.63. The Labute approximate surface area is 292 Å². The van der Waals surface area contributed by atoms with Crippen molar-refractivity contribution in [3.05, 3.63) is 118 Å². The largest absolute Gasteiger partial charge is 0.478 e. The first-order chi connectivity index (χ1) is 24.0. The smallest absolute Gasteiger partial charge is 0.338 e. The van der Waals surface area contributed by atoms with Crippen LogP contribution in [0, 0.1) is 26.7 Å². The standard InChI is InChI=1S/C19H21N5O3.C9H10O2.C8H8O2.C2H6/c1-10-3-5-12(6-4-10)19(25)26-8-13-7-11(2)17(27-13)15-14-16(24-23-15)18(20)22-9-21-14;1-7-3-5-8(6-4-7)9(10)11-2;1-6-2-4-7(5-3-6)8(9)10;1-2/h3-6,9,11,13,17H,7-8H2,1-2H3,(H,23,24)(H2,20,21,22);3-6H,1-2H3;2-5H,1H3,(H,9,10);1-2H3/t11?,13-,17+;;;/m0.../s1. The van der Waals surface area contributed by atoms with Crippen LogP contribution in [0.15, 0.2) is 79.1 Å². The van der Waals surface area contributed by atoms with Crippen LogP contribution in [0.2, 0.25) is 0 Å². The number of nitrogen functional groups attached to an aromatic ring is 1. The van der Waals surface area contributed by atoms with Crippen LogP contribution in [0.5, 0.6) is 0 Å². The van der Waals surface area contributed by atoms with Crippen LogP contribution in [-0.2, 0) is 14.2 Å². The zero-order chi connectivity index (χ0) is 36.8. The van der Waals surface area contributed by atoms with Crippen molar-refractivity contribution in [2.45, 2.75) is 60.2 Å². The number of nitrogens with one attached hydrogen (secondary N) is 1. The van der Waals surface area contributed by atoms with E-state index in [1.807, 2.05) is 58.9 Å². The molecule has 3 aromatic carbocycles. The Balaban J connectivity index is 0.000000241. The predicted octanol–water partition coefficient (Wildman–Crippen LogP) is 7.07. The van der Waals surface area contributed by atoms with Gasteiger partial charge in [-0.15, -0.1) is 0 Å². The van der Waals surface area contributed by atoms with E-state index in [1.165, 1.54) is 13.4 Å². The maximum absolute atomic E-state index is 12.2. The quantitative estimate of drug-likeness (QED) is 0.156. The van der Waals surface area contributed by atoms with E-state index >= 15 is 0 Å². The van der Waals surface area contributed by atoms with E-state index in [0.717, 1.165) is 28.8 Å². The van der Waals surface area contributed by atoms with Gasteiger partial charge in [-0.1, -0.05) is 73.9 Å². The molecular formula is C38H45N5O7. The Kier molecular flexibility index (Phi) is 14.6. The molecule has 0 bridgehead atoms. The minimum atomic E-state index is -0.875. The number of esters is 2. The number of aryl methyl sites for hydroxylation is 3. The lowest BCUT2D eigenvalue weighted by Crippen LogP contribution is -2.18. The van der Waals surface area contributed by atoms with Crippen LogP contribution in [0.1, 0.15) is 86.8 Å². The fourth-order valence-electron chi connectivity index (χ4n) is 4.91. The first-order valence-electron chi connectivity index (χ1n) is 16.3. The van der Waals surface area contributed by atoms with Gasteiger partial charge in [0.1, 0.15) is 24.6 Å². The molecule has 12 nitrogen and oxygen atoms in total. The lowest BCUT2D eigenvalue weighted by Gasteiger charge is -2.14. The maximum Gasteiger partial charge on any atom is 0.338 e.